The zero-order valence-electron chi connectivity index (χ0n) is 15.4. The molecule has 0 bridgehead atoms. The van der Waals surface area contributed by atoms with Gasteiger partial charge in [-0.3, -0.25) is 4.79 Å². The number of aromatic nitrogens is 2. The van der Waals surface area contributed by atoms with Crippen LogP contribution in [0.15, 0.2) is 58.0 Å². The van der Waals surface area contributed by atoms with Gasteiger partial charge in [0.2, 0.25) is 0 Å². The van der Waals surface area contributed by atoms with Crippen molar-refractivity contribution in [2.24, 2.45) is 0 Å². The Morgan fingerprint density at radius 1 is 1.07 bits per heavy atom. The van der Waals surface area contributed by atoms with E-state index in [4.69, 9.17) is 4.98 Å². The highest BCUT2D eigenvalue weighted by Gasteiger charge is 2.22. The number of anilines is 1. The van der Waals surface area contributed by atoms with Gasteiger partial charge in [-0.1, -0.05) is 24.3 Å². The van der Waals surface area contributed by atoms with Gasteiger partial charge >= 0.3 is 0 Å². The zero-order valence-corrected chi connectivity index (χ0v) is 17.0. The van der Waals surface area contributed by atoms with Crippen molar-refractivity contribution < 1.29 is 4.90 Å². The third kappa shape index (κ3) is 3.37. The number of para-hydroxylation sites is 1. The molecule has 4 aromatic rings. The van der Waals surface area contributed by atoms with Crippen molar-refractivity contribution in [2.45, 2.75) is 6.54 Å². The van der Waals surface area contributed by atoms with E-state index in [2.05, 4.69) is 46.3 Å². The fourth-order valence-corrected chi connectivity index (χ4v) is 5.61. The van der Waals surface area contributed by atoms with Crippen molar-refractivity contribution in [3.63, 3.8) is 0 Å². The summed E-state index contributed by atoms with van der Waals surface area (Å²) in [4.78, 5) is 26.4. The molecule has 1 aromatic carbocycles. The number of aromatic amines is 1. The van der Waals surface area contributed by atoms with Crippen LogP contribution in [0.2, 0.25) is 0 Å². The van der Waals surface area contributed by atoms with Gasteiger partial charge in [0.15, 0.2) is 5.82 Å². The molecule has 28 heavy (non-hydrogen) atoms. The fraction of sp³-hybridized carbons (Fsp3) is 0.238. The first-order valence-electron chi connectivity index (χ1n) is 9.46. The predicted molar refractivity (Wildman–Crippen MR) is 117 cm³/mol. The molecule has 0 amide bonds. The van der Waals surface area contributed by atoms with E-state index in [1.807, 2.05) is 16.8 Å². The van der Waals surface area contributed by atoms with E-state index in [-0.39, 0.29) is 5.56 Å². The molecule has 0 atom stereocenters. The Morgan fingerprint density at radius 2 is 1.89 bits per heavy atom. The number of fused-ring (bicyclic) bond motifs is 1. The number of H-pyrrole nitrogens is 1. The molecule has 1 fully saturated rings. The SMILES string of the molecule is O=c1[nH]c(C[NH+]2CCN(c3ccccc3)CC2)nc2scc(-c3cccs3)c12. The Labute approximate surface area is 170 Å². The van der Waals surface area contributed by atoms with E-state index >= 15 is 0 Å². The second kappa shape index (κ2) is 7.50. The van der Waals surface area contributed by atoms with Gasteiger partial charge in [0.1, 0.15) is 11.4 Å². The molecular weight excluding hydrogens is 388 g/mol. The first kappa shape index (κ1) is 17.6. The lowest BCUT2D eigenvalue weighted by Gasteiger charge is -2.33. The number of thiophene rings is 2. The summed E-state index contributed by atoms with van der Waals surface area (Å²) in [5, 5.41) is 4.81. The van der Waals surface area contributed by atoms with Gasteiger partial charge in [0, 0.05) is 21.5 Å². The summed E-state index contributed by atoms with van der Waals surface area (Å²) in [7, 11) is 0. The molecule has 0 unspecified atom stereocenters. The van der Waals surface area contributed by atoms with Crippen molar-refractivity contribution in [2.75, 3.05) is 31.1 Å². The standard InChI is InChI=1S/C21H20N4OS2/c26-20-19-16(17-7-4-12-27-17)14-28-21(19)23-18(22-20)13-24-8-10-25(11-9-24)15-5-2-1-3-6-15/h1-7,12,14H,8-11,13H2,(H,22,23,26)/p+1. The first-order valence-corrected chi connectivity index (χ1v) is 11.2. The van der Waals surface area contributed by atoms with Gasteiger partial charge in [-0.25, -0.2) is 4.98 Å². The largest absolute Gasteiger partial charge is 0.360 e. The summed E-state index contributed by atoms with van der Waals surface area (Å²) in [6, 6.07) is 14.6. The number of quaternary nitrogens is 1. The molecule has 142 valence electrons. The highest BCUT2D eigenvalue weighted by molar-refractivity contribution is 7.18. The molecule has 1 aliphatic heterocycles. The molecule has 4 heterocycles. The molecule has 7 heteroatoms. The average Bonchev–Trinajstić information content (AvgIpc) is 3.39. The lowest BCUT2D eigenvalue weighted by atomic mass is 10.2. The van der Waals surface area contributed by atoms with Gasteiger partial charge in [0.25, 0.3) is 5.56 Å². The van der Waals surface area contributed by atoms with Gasteiger partial charge in [-0.05, 0) is 23.6 Å². The van der Waals surface area contributed by atoms with E-state index in [1.165, 1.54) is 10.6 Å². The van der Waals surface area contributed by atoms with Crippen molar-refractivity contribution in [1.29, 1.82) is 0 Å². The molecular formula is C21H21N4OS2+. The quantitative estimate of drug-likeness (QED) is 0.545. The molecule has 0 spiro atoms. The van der Waals surface area contributed by atoms with Gasteiger partial charge in [-0.2, -0.15) is 0 Å². The van der Waals surface area contributed by atoms with E-state index < -0.39 is 0 Å². The predicted octanol–water partition coefficient (Wildman–Crippen LogP) is 2.62. The smallest absolute Gasteiger partial charge is 0.260 e. The van der Waals surface area contributed by atoms with Crippen LogP contribution in [0.1, 0.15) is 5.82 Å². The van der Waals surface area contributed by atoms with E-state index in [0.29, 0.717) is 0 Å². The van der Waals surface area contributed by atoms with Crippen molar-refractivity contribution in [3.05, 3.63) is 69.4 Å². The second-order valence-electron chi connectivity index (χ2n) is 7.07. The summed E-state index contributed by atoms with van der Waals surface area (Å²) in [6.07, 6.45) is 0. The molecule has 1 saturated heterocycles. The maximum absolute atomic E-state index is 12.8. The van der Waals surface area contributed by atoms with Gasteiger partial charge < -0.3 is 14.8 Å². The minimum Gasteiger partial charge on any atom is -0.360 e. The molecule has 5 nitrogen and oxygen atoms in total. The number of nitrogens with one attached hydrogen (secondary N) is 2. The minimum absolute atomic E-state index is 0.0213. The van der Waals surface area contributed by atoms with Crippen LogP contribution < -0.4 is 15.4 Å². The third-order valence-electron chi connectivity index (χ3n) is 5.29. The molecule has 0 radical (unpaired) electrons. The second-order valence-corrected chi connectivity index (χ2v) is 8.87. The maximum Gasteiger partial charge on any atom is 0.260 e. The molecule has 2 N–H and O–H groups in total. The monoisotopic (exact) mass is 409 g/mol. The van der Waals surface area contributed by atoms with Crippen LogP contribution in [0.4, 0.5) is 5.69 Å². The Morgan fingerprint density at radius 3 is 2.64 bits per heavy atom. The van der Waals surface area contributed by atoms with Crippen LogP contribution >= 0.6 is 22.7 Å². The number of nitrogens with zero attached hydrogens (tertiary/aromatic N) is 2. The Bertz CT molecular complexity index is 1130. The van der Waals surface area contributed by atoms with Crippen molar-refractivity contribution >= 4 is 38.6 Å². The Balaban J connectivity index is 1.32. The highest BCUT2D eigenvalue weighted by atomic mass is 32.1. The van der Waals surface area contributed by atoms with E-state index in [9.17, 15) is 4.79 Å². The molecule has 0 aliphatic carbocycles. The topological polar surface area (TPSA) is 53.4 Å². The van der Waals surface area contributed by atoms with Crippen LogP contribution in [0, 0.1) is 0 Å². The van der Waals surface area contributed by atoms with Gasteiger partial charge in [0.05, 0.1) is 31.6 Å². The summed E-state index contributed by atoms with van der Waals surface area (Å²) in [5.41, 5.74) is 2.26. The van der Waals surface area contributed by atoms with Crippen LogP contribution in [0.3, 0.4) is 0 Å². The van der Waals surface area contributed by atoms with E-state index in [1.54, 1.807) is 22.7 Å². The summed E-state index contributed by atoms with van der Waals surface area (Å²) < 4.78 is 0. The first-order chi connectivity index (χ1) is 13.8. The number of hydrogen-bond acceptors (Lipinski definition) is 5. The third-order valence-corrected chi connectivity index (χ3v) is 7.06. The summed E-state index contributed by atoms with van der Waals surface area (Å²) in [6.45, 7) is 4.89. The molecule has 0 saturated carbocycles. The number of hydrogen-bond donors (Lipinski definition) is 2. The summed E-state index contributed by atoms with van der Waals surface area (Å²) >= 11 is 3.21. The van der Waals surface area contributed by atoms with Crippen molar-refractivity contribution in [3.8, 4) is 10.4 Å². The lowest BCUT2D eigenvalue weighted by Crippen LogP contribution is -3.13. The van der Waals surface area contributed by atoms with Crippen LogP contribution in [-0.4, -0.2) is 36.1 Å². The normalized spacial score (nSPS) is 15.4. The Hall–Kier alpha value is -2.48. The Kier molecular flexibility index (Phi) is 4.72. The number of rotatable bonds is 4. The van der Waals surface area contributed by atoms with Crippen LogP contribution in [0.5, 0.6) is 0 Å². The molecule has 3 aromatic heterocycles. The minimum atomic E-state index is -0.0213. The van der Waals surface area contributed by atoms with Crippen LogP contribution in [-0.2, 0) is 6.54 Å². The lowest BCUT2D eigenvalue weighted by molar-refractivity contribution is -0.915. The van der Waals surface area contributed by atoms with E-state index in [0.717, 1.165) is 59.2 Å². The fourth-order valence-electron chi connectivity index (χ4n) is 3.82. The molecule has 1 aliphatic rings. The van der Waals surface area contributed by atoms with Crippen molar-refractivity contribution in [1.82, 2.24) is 9.97 Å². The molecule has 5 rings (SSSR count). The number of benzene rings is 1. The van der Waals surface area contributed by atoms with Gasteiger partial charge in [-0.15, -0.1) is 22.7 Å². The van der Waals surface area contributed by atoms with Crippen LogP contribution in [0.25, 0.3) is 20.7 Å². The average molecular weight is 410 g/mol. The summed E-state index contributed by atoms with van der Waals surface area (Å²) in [5.74, 6) is 0.792. The highest BCUT2D eigenvalue weighted by Crippen LogP contribution is 2.33. The number of piperazine rings is 1. The maximum atomic E-state index is 12.8. The zero-order chi connectivity index (χ0) is 18.9.